The zero-order chi connectivity index (χ0) is 17.8. The Hall–Kier alpha value is -2.63. The van der Waals surface area contributed by atoms with Gasteiger partial charge in [0.1, 0.15) is 0 Å². The van der Waals surface area contributed by atoms with Crippen LogP contribution in [0.1, 0.15) is 35.3 Å². The molecule has 4 atom stereocenters. The second kappa shape index (κ2) is 5.69. The SMILES string of the molecule is O=C(O)c1ccn(-c2cccc(CNC(=O)C3C4C5CCC(C5)C34)c2)n1. The van der Waals surface area contributed by atoms with Crippen molar-refractivity contribution in [1.82, 2.24) is 15.1 Å². The Morgan fingerprint density at radius 3 is 2.65 bits per heavy atom. The lowest BCUT2D eigenvalue weighted by atomic mass is 10.0. The molecule has 6 heteroatoms. The van der Waals surface area contributed by atoms with Gasteiger partial charge in [0.15, 0.2) is 5.69 Å². The number of carbonyl (C=O) groups excluding carboxylic acids is 1. The van der Waals surface area contributed by atoms with Gasteiger partial charge >= 0.3 is 5.97 Å². The number of hydrogen-bond donors (Lipinski definition) is 2. The number of carbonyl (C=O) groups is 2. The Kier molecular flexibility index (Phi) is 3.42. The number of carboxylic acids is 1. The maximum atomic E-state index is 12.6. The highest BCUT2D eigenvalue weighted by molar-refractivity contribution is 5.85. The van der Waals surface area contributed by atoms with Crippen LogP contribution in [0.25, 0.3) is 5.69 Å². The Balaban J connectivity index is 1.24. The lowest BCUT2D eigenvalue weighted by Gasteiger charge is -2.10. The van der Waals surface area contributed by atoms with Gasteiger partial charge in [-0.1, -0.05) is 12.1 Å². The van der Waals surface area contributed by atoms with Crippen LogP contribution in [0.4, 0.5) is 0 Å². The van der Waals surface area contributed by atoms with Crippen LogP contribution in [0, 0.1) is 29.6 Å². The normalized spacial score (nSPS) is 30.8. The fourth-order valence-electron chi connectivity index (χ4n) is 5.37. The molecule has 1 aromatic carbocycles. The first-order valence-electron chi connectivity index (χ1n) is 9.28. The van der Waals surface area contributed by atoms with E-state index in [0.29, 0.717) is 18.4 Å². The zero-order valence-corrected chi connectivity index (χ0v) is 14.3. The molecular formula is C20H21N3O3. The van der Waals surface area contributed by atoms with E-state index in [4.69, 9.17) is 5.11 Å². The minimum atomic E-state index is -1.05. The molecule has 0 aliphatic heterocycles. The van der Waals surface area contributed by atoms with Crippen LogP contribution in [-0.4, -0.2) is 26.8 Å². The first kappa shape index (κ1) is 15.6. The van der Waals surface area contributed by atoms with Crippen molar-refractivity contribution in [1.29, 1.82) is 0 Å². The monoisotopic (exact) mass is 351 g/mol. The van der Waals surface area contributed by atoms with Gasteiger partial charge in [0.2, 0.25) is 5.91 Å². The second-order valence-corrected chi connectivity index (χ2v) is 7.85. The number of nitrogens with zero attached hydrogens (tertiary/aromatic N) is 2. The van der Waals surface area contributed by atoms with E-state index in [1.54, 1.807) is 6.20 Å². The number of fused-ring (bicyclic) bond motifs is 5. The number of hydrogen-bond acceptors (Lipinski definition) is 3. The first-order valence-corrected chi connectivity index (χ1v) is 9.28. The molecule has 6 nitrogen and oxygen atoms in total. The minimum Gasteiger partial charge on any atom is -0.476 e. The van der Waals surface area contributed by atoms with E-state index >= 15 is 0 Å². The molecule has 3 aliphatic rings. The summed E-state index contributed by atoms with van der Waals surface area (Å²) in [5.74, 6) is 2.30. The Labute approximate surface area is 151 Å². The van der Waals surface area contributed by atoms with Crippen molar-refractivity contribution in [2.24, 2.45) is 29.6 Å². The fraction of sp³-hybridized carbons (Fsp3) is 0.450. The van der Waals surface area contributed by atoms with Crippen molar-refractivity contribution in [3.8, 4) is 5.69 Å². The third-order valence-corrected chi connectivity index (χ3v) is 6.49. The molecule has 2 N–H and O–H groups in total. The van der Waals surface area contributed by atoms with Gasteiger partial charge in [-0.2, -0.15) is 5.10 Å². The average Bonchev–Trinajstić information content (AvgIpc) is 3.02. The van der Waals surface area contributed by atoms with Crippen LogP contribution in [0.15, 0.2) is 36.5 Å². The molecule has 26 heavy (non-hydrogen) atoms. The summed E-state index contributed by atoms with van der Waals surface area (Å²) in [6.07, 6.45) is 5.62. The molecule has 0 radical (unpaired) electrons. The summed E-state index contributed by atoms with van der Waals surface area (Å²) >= 11 is 0. The van der Waals surface area contributed by atoms with Crippen molar-refractivity contribution < 1.29 is 14.7 Å². The minimum absolute atomic E-state index is 0.0126. The molecular weight excluding hydrogens is 330 g/mol. The van der Waals surface area contributed by atoms with Crippen molar-refractivity contribution in [3.63, 3.8) is 0 Å². The fourth-order valence-corrected chi connectivity index (χ4v) is 5.37. The third-order valence-electron chi connectivity index (χ3n) is 6.49. The number of aromatic carboxylic acids is 1. The van der Waals surface area contributed by atoms with Crippen molar-refractivity contribution in [2.75, 3.05) is 0 Å². The van der Waals surface area contributed by atoms with Crippen LogP contribution in [0.5, 0.6) is 0 Å². The van der Waals surface area contributed by atoms with E-state index in [1.165, 1.54) is 30.0 Å². The van der Waals surface area contributed by atoms with Crippen LogP contribution in [0.3, 0.4) is 0 Å². The molecule has 134 valence electrons. The number of nitrogens with one attached hydrogen (secondary N) is 1. The maximum absolute atomic E-state index is 12.6. The van der Waals surface area contributed by atoms with E-state index in [0.717, 1.165) is 23.1 Å². The molecule has 2 bridgehead atoms. The quantitative estimate of drug-likeness (QED) is 0.867. The van der Waals surface area contributed by atoms with Gasteiger partial charge in [-0.05, 0) is 66.7 Å². The molecule has 1 aromatic heterocycles. The van der Waals surface area contributed by atoms with Crippen molar-refractivity contribution >= 4 is 11.9 Å². The summed E-state index contributed by atoms with van der Waals surface area (Å²) in [6.45, 7) is 0.491. The van der Waals surface area contributed by atoms with E-state index in [-0.39, 0.29) is 17.5 Å². The van der Waals surface area contributed by atoms with Gasteiger partial charge in [0, 0.05) is 18.7 Å². The first-order chi connectivity index (χ1) is 12.6. The van der Waals surface area contributed by atoms with E-state index in [2.05, 4.69) is 10.4 Å². The summed E-state index contributed by atoms with van der Waals surface area (Å²) < 4.78 is 1.54. The third kappa shape index (κ3) is 2.43. The summed E-state index contributed by atoms with van der Waals surface area (Å²) in [4.78, 5) is 23.5. The van der Waals surface area contributed by atoms with Crippen molar-refractivity contribution in [2.45, 2.75) is 25.8 Å². The van der Waals surface area contributed by atoms with Gasteiger partial charge in [-0.25, -0.2) is 9.48 Å². The van der Waals surface area contributed by atoms with Gasteiger partial charge in [-0.3, -0.25) is 4.79 Å². The number of rotatable bonds is 5. The molecule has 4 unspecified atom stereocenters. The smallest absolute Gasteiger partial charge is 0.356 e. The lowest BCUT2D eigenvalue weighted by Crippen LogP contribution is -2.27. The summed E-state index contributed by atoms with van der Waals surface area (Å²) in [6, 6.07) is 9.12. The molecule has 5 rings (SSSR count). The van der Waals surface area contributed by atoms with Crippen LogP contribution in [0.2, 0.25) is 0 Å². The maximum Gasteiger partial charge on any atom is 0.356 e. The molecule has 3 saturated carbocycles. The number of benzene rings is 1. The molecule has 3 fully saturated rings. The molecule has 0 spiro atoms. The molecule has 2 aromatic rings. The highest BCUT2D eigenvalue weighted by Gasteiger charge is 2.67. The number of amides is 1. The topological polar surface area (TPSA) is 84.2 Å². The summed E-state index contributed by atoms with van der Waals surface area (Å²) in [5, 5.41) is 16.1. The van der Waals surface area contributed by atoms with E-state index in [1.807, 2.05) is 24.3 Å². The Bertz CT molecular complexity index is 874. The summed E-state index contributed by atoms with van der Waals surface area (Å²) in [7, 11) is 0. The number of carboxylic acid groups (broad SMARTS) is 1. The van der Waals surface area contributed by atoms with Gasteiger partial charge in [0.05, 0.1) is 5.69 Å². The molecule has 1 heterocycles. The molecule has 3 aliphatic carbocycles. The predicted molar refractivity (Wildman–Crippen MR) is 93.7 cm³/mol. The van der Waals surface area contributed by atoms with E-state index < -0.39 is 5.97 Å². The number of aromatic nitrogens is 2. The largest absolute Gasteiger partial charge is 0.476 e. The average molecular weight is 351 g/mol. The van der Waals surface area contributed by atoms with Crippen LogP contribution < -0.4 is 5.32 Å². The Morgan fingerprint density at radius 2 is 1.96 bits per heavy atom. The molecule has 0 saturated heterocycles. The lowest BCUT2D eigenvalue weighted by molar-refractivity contribution is -0.123. The second-order valence-electron chi connectivity index (χ2n) is 7.85. The van der Waals surface area contributed by atoms with Gasteiger partial charge in [-0.15, -0.1) is 0 Å². The zero-order valence-electron chi connectivity index (χ0n) is 14.3. The van der Waals surface area contributed by atoms with Crippen molar-refractivity contribution in [3.05, 3.63) is 47.8 Å². The predicted octanol–water partition coefficient (Wildman–Crippen LogP) is 2.48. The van der Waals surface area contributed by atoms with Crippen LogP contribution in [-0.2, 0) is 11.3 Å². The van der Waals surface area contributed by atoms with Crippen LogP contribution >= 0.6 is 0 Å². The Morgan fingerprint density at radius 1 is 1.19 bits per heavy atom. The highest BCUT2D eigenvalue weighted by atomic mass is 16.4. The summed E-state index contributed by atoms with van der Waals surface area (Å²) in [5.41, 5.74) is 1.78. The molecule has 1 amide bonds. The van der Waals surface area contributed by atoms with E-state index in [9.17, 15) is 9.59 Å². The van der Waals surface area contributed by atoms with Gasteiger partial charge < -0.3 is 10.4 Å². The van der Waals surface area contributed by atoms with Gasteiger partial charge in [0.25, 0.3) is 0 Å². The highest BCUT2D eigenvalue weighted by Crippen LogP contribution is 2.69. The standard InChI is InChI=1S/C20H21N3O3/c24-19(18-16-12-4-5-13(9-12)17(16)18)21-10-11-2-1-3-14(8-11)23-7-6-15(22-23)20(25)26/h1-3,6-8,12-13,16-18H,4-5,9-10H2,(H,21,24)(H,25,26).